The lowest BCUT2D eigenvalue weighted by molar-refractivity contribution is 0.278. The first-order chi connectivity index (χ1) is 9.43. The molecule has 0 spiro atoms. The van der Waals surface area contributed by atoms with Gasteiger partial charge in [-0.3, -0.25) is 4.98 Å². The summed E-state index contributed by atoms with van der Waals surface area (Å²) in [5.74, 6) is 0.446. The lowest BCUT2D eigenvalue weighted by atomic mass is 10.1. The monoisotopic (exact) mass is 300 g/mol. The summed E-state index contributed by atoms with van der Waals surface area (Å²) >= 11 is 0. The van der Waals surface area contributed by atoms with Crippen LogP contribution in [0.15, 0.2) is 6.20 Å². The van der Waals surface area contributed by atoms with Gasteiger partial charge in [0.2, 0.25) is 0 Å². The highest BCUT2D eigenvalue weighted by molar-refractivity contribution is 7.91. The largest absolute Gasteiger partial charge is 0.506 e. The lowest BCUT2D eigenvalue weighted by Gasteiger charge is -2.24. The summed E-state index contributed by atoms with van der Waals surface area (Å²) in [4.78, 5) is 3.99. The van der Waals surface area contributed by atoms with Crippen LogP contribution in [0.5, 0.6) is 5.75 Å². The molecule has 20 heavy (non-hydrogen) atoms. The molecule has 3 N–H and O–H groups in total. The van der Waals surface area contributed by atoms with Crippen molar-refractivity contribution >= 4 is 9.84 Å². The normalized spacial score (nSPS) is 21.8. The Labute approximate surface area is 118 Å². The molecule has 1 unspecified atom stereocenters. The fourth-order valence-corrected chi connectivity index (χ4v) is 4.12. The Balaban J connectivity index is 2.09. The smallest absolute Gasteiger partial charge is 0.151 e. The molecule has 1 fully saturated rings. The highest BCUT2D eigenvalue weighted by Gasteiger charge is 2.24. The predicted octanol–water partition coefficient (Wildman–Crippen LogP) is 0.255. The summed E-state index contributed by atoms with van der Waals surface area (Å²) in [6.45, 7) is 1.80. The van der Waals surface area contributed by atoms with Crippen LogP contribution >= 0.6 is 0 Å². The molecule has 2 rings (SSSR count). The third-order valence-electron chi connectivity index (χ3n) is 3.63. The van der Waals surface area contributed by atoms with Gasteiger partial charge in [0, 0.05) is 29.9 Å². The molecule has 1 aromatic rings. The molecule has 0 bridgehead atoms. The topological polar surface area (TPSA) is 99.5 Å². The fourth-order valence-electron chi connectivity index (χ4n) is 2.45. The van der Waals surface area contributed by atoms with Gasteiger partial charge in [-0.1, -0.05) is 0 Å². The SMILES string of the molecule is Cc1ncc(CO)c(CNC2CCCS(=O)(=O)C2)c1O. The van der Waals surface area contributed by atoms with Crippen LogP contribution in [0.3, 0.4) is 0 Å². The third kappa shape index (κ3) is 3.47. The zero-order valence-corrected chi connectivity index (χ0v) is 12.3. The van der Waals surface area contributed by atoms with E-state index in [0.717, 1.165) is 6.42 Å². The number of aromatic nitrogens is 1. The Hall–Kier alpha value is -1.18. The summed E-state index contributed by atoms with van der Waals surface area (Å²) in [5.41, 5.74) is 1.64. The Morgan fingerprint density at radius 3 is 2.90 bits per heavy atom. The van der Waals surface area contributed by atoms with Crippen LogP contribution in [0, 0.1) is 6.92 Å². The van der Waals surface area contributed by atoms with Crippen LogP contribution in [-0.4, -0.2) is 41.2 Å². The number of aryl methyl sites for hydroxylation is 1. The maximum atomic E-state index is 11.6. The summed E-state index contributed by atoms with van der Waals surface area (Å²) in [6, 6.07) is -0.104. The molecule has 0 radical (unpaired) electrons. The number of hydrogen-bond acceptors (Lipinski definition) is 6. The van der Waals surface area contributed by atoms with Gasteiger partial charge in [0.1, 0.15) is 5.75 Å². The van der Waals surface area contributed by atoms with Gasteiger partial charge >= 0.3 is 0 Å². The summed E-state index contributed by atoms with van der Waals surface area (Å²) in [7, 11) is -2.96. The Morgan fingerprint density at radius 2 is 2.25 bits per heavy atom. The van der Waals surface area contributed by atoms with E-state index in [9.17, 15) is 18.6 Å². The van der Waals surface area contributed by atoms with Crippen LogP contribution in [0.2, 0.25) is 0 Å². The number of hydrogen-bond donors (Lipinski definition) is 3. The van der Waals surface area contributed by atoms with Crippen molar-refractivity contribution in [1.82, 2.24) is 10.3 Å². The zero-order valence-electron chi connectivity index (χ0n) is 11.5. The molecule has 2 heterocycles. The highest BCUT2D eigenvalue weighted by Crippen LogP contribution is 2.24. The van der Waals surface area contributed by atoms with Crippen LogP contribution < -0.4 is 5.32 Å². The maximum absolute atomic E-state index is 11.6. The van der Waals surface area contributed by atoms with Crippen LogP contribution in [0.25, 0.3) is 0 Å². The van der Waals surface area contributed by atoms with E-state index in [1.54, 1.807) is 6.92 Å². The Morgan fingerprint density at radius 1 is 1.50 bits per heavy atom. The number of aromatic hydroxyl groups is 1. The van der Waals surface area contributed by atoms with Crippen LogP contribution in [0.4, 0.5) is 0 Å². The Kier molecular flexibility index (Phi) is 4.62. The van der Waals surface area contributed by atoms with E-state index in [2.05, 4.69) is 10.3 Å². The third-order valence-corrected chi connectivity index (χ3v) is 5.45. The van der Waals surface area contributed by atoms with Crippen LogP contribution in [-0.2, 0) is 23.0 Å². The first-order valence-electron chi connectivity index (χ1n) is 6.64. The first-order valence-corrected chi connectivity index (χ1v) is 8.46. The summed E-state index contributed by atoms with van der Waals surface area (Å²) < 4.78 is 23.2. The molecule has 1 atom stereocenters. The molecule has 0 saturated carbocycles. The average Bonchev–Trinajstić information content (AvgIpc) is 2.39. The molecule has 1 aliphatic rings. The van der Waals surface area contributed by atoms with Crippen molar-refractivity contribution < 1.29 is 18.6 Å². The molecule has 112 valence electrons. The molecule has 0 amide bonds. The van der Waals surface area contributed by atoms with E-state index in [0.29, 0.717) is 29.8 Å². The van der Waals surface area contributed by atoms with Crippen molar-refractivity contribution in [2.24, 2.45) is 0 Å². The second-order valence-electron chi connectivity index (χ2n) is 5.19. The van der Waals surface area contributed by atoms with Crippen LogP contribution in [0.1, 0.15) is 29.7 Å². The highest BCUT2D eigenvalue weighted by atomic mass is 32.2. The molecule has 1 aliphatic heterocycles. The number of nitrogens with zero attached hydrogens (tertiary/aromatic N) is 1. The van der Waals surface area contributed by atoms with Gasteiger partial charge in [0.15, 0.2) is 9.84 Å². The molecule has 0 aliphatic carbocycles. The standard InChI is InChI=1S/C13H20N2O4S/c1-9-13(17)12(10(7-16)5-14-9)6-15-11-3-2-4-20(18,19)8-11/h5,11,15-17H,2-4,6-8H2,1H3. The van der Waals surface area contributed by atoms with Crippen molar-refractivity contribution in [3.63, 3.8) is 0 Å². The van der Waals surface area contributed by atoms with Crippen molar-refractivity contribution in [2.45, 2.75) is 39.0 Å². The number of rotatable bonds is 4. The predicted molar refractivity (Wildman–Crippen MR) is 75.1 cm³/mol. The minimum atomic E-state index is -2.96. The van der Waals surface area contributed by atoms with E-state index in [4.69, 9.17) is 0 Å². The van der Waals surface area contributed by atoms with Gasteiger partial charge in [-0.25, -0.2) is 8.42 Å². The second-order valence-corrected chi connectivity index (χ2v) is 7.42. The molecular weight excluding hydrogens is 280 g/mol. The second kappa shape index (κ2) is 6.07. The van der Waals surface area contributed by atoms with Gasteiger partial charge < -0.3 is 15.5 Å². The van der Waals surface area contributed by atoms with Gasteiger partial charge in [0.25, 0.3) is 0 Å². The van der Waals surface area contributed by atoms with Gasteiger partial charge in [-0.2, -0.15) is 0 Å². The average molecular weight is 300 g/mol. The van der Waals surface area contributed by atoms with Gasteiger partial charge in [0.05, 0.1) is 23.8 Å². The molecule has 6 nitrogen and oxygen atoms in total. The molecular formula is C13H20N2O4S. The van der Waals surface area contributed by atoms with E-state index < -0.39 is 9.84 Å². The van der Waals surface area contributed by atoms with Crippen molar-refractivity contribution in [1.29, 1.82) is 0 Å². The molecule has 0 aromatic carbocycles. The summed E-state index contributed by atoms with van der Waals surface area (Å²) in [6.07, 6.45) is 3.00. The molecule has 1 aromatic heterocycles. The summed E-state index contributed by atoms with van der Waals surface area (Å²) in [5, 5.41) is 22.4. The van der Waals surface area contributed by atoms with Crippen molar-refractivity contribution in [3.05, 3.63) is 23.0 Å². The van der Waals surface area contributed by atoms with Crippen molar-refractivity contribution in [3.8, 4) is 5.75 Å². The first kappa shape index (κ1) is 15.2. The van der Waals surface area contributed by atoms with E-state index in [1.807, 2.05) is 0 Å². The minimum Gasteiger partial charge on any atom is -0.506 e. The van der Waals surface area contributed by atoms with E-state index in [-0.39, 0.29) is 29.9 Å². The minimum absolute atomic E-state index is 0.0581. The number of nitrogens with one attached hydrogen (secondary N) is 1. The molecule has 1 saturated heterocycles. The van der Waals surface area contributed by atoms with Gasteiger partial charge in [-0.05, 0) is 19.8 Å². The van der Waals surface area contributed by atoms with Crippen molar-refractivity contribution in [2.75, 3.05) is 11.5 Å². The van der Waals surface area contributed by atoms with Gasteiger partial charge in [-0.15, -0.1) is 0 Å². The number of pyridine rings is 1. The lowest BCUT2D eigenvalue weighted by Crippen LogP contribution is -2.39. The number of aliphatic hydroxyl groups excluding tert-OH is 1. The number of sulfone groups is 1. The molecule has 7 heteroatoms. The fraction of sp³-hybridized carbons (Fsp3) is 0.615. The van der Waals surface area contributed by atoms with E-state index >= 15 is 0 Å². The quantitative estimate of drug-likeness (QED) is 0.737. The number of aliphatic hydroxyl groups is 1. The zero-order chi connectivity index (χ0) is 14.8. The Bertz CT molecular complexity index is 586. The van der Waals surface area contributed by atoms with E-state index in [1.165, 1.54) is 6.20 Å². The maximum Gasteiger partial charge on any atom is 0.151 e.